The molecule has 2 bridgehead atoms. The zero-order valence-electron chi connectivity index (χ0n) is 16.6. The van der Waals surface area contributed by atoms with Crippen molar-refractivity contribution in [2.24, 2.45) is 16.9 Å². The minimum atomic E-state index is -0.475. The fourth-order valence-corrected chi connectivity index (χ4v) is 6.84. The normalized spacial score (nSPS) is 25.2. The Morgan fingerprint density at radius 1 is 0.812 bits per heavy atom. The van der Waals surface area contributed by atoms with Crippen LogP contribution in [-0.2, 0) is 9.59 Å². The number of hydrogen-bond acceptors (Lipinski definition) is 4. The maximum atomic E-state index is 13.5. The molecule has 4 aliphatic rings. The van der Waals surface area contributed by atoms with Crippen LogP contribution in [0.3, 0.4) is 0 Å². The van der Waals surface area contributed by atoms with Crippen LogP contribution in [0.1, 0.15) is 39.7 Å². The van der Waals surface area contributed by atoms with Crippen LogP contribution in [0.2, 0.25) is 0 Å². The van der Waals surface area contributed by atoms with Crippen LogP contribution in [0.4, 0.5) is 0 Å². The summed E-state index contributed by atoms with van der Waals surface area (Å²) in [6.07, 6.45) is 1.36. The van der Waals surface area contributed by atoms with Crippen molar-refractivity contribution in [3.8, 4) is 5.75 Å². The summed E-state index contributed by atoms with van der Waals surface area (Å²) in [7, 11) is 0. The van der Waals surface area contributed by atoms with Crippen molar-refractivity contribution in [1.29, 1.82) is 0 Å². The van der Waals surface area contributed by atoms with E-state index in [0.29, 0.717) is 10.0 Å². The van der Waals surface area contributed by atoms with Gasteiger partial charge in [-0.3, -0.25) is 9.59 Å². The lowest BCUT2D eigenvalue weighted by atomic mass is 9.55. The Balaban J connectivity index is 1.45. The van der Waals surface area contributed by atoms with Crippen molar-refractivity contribution in [1.82, 2.24) is 5.01 Å². The molecule has 0 spiro atoms. The van der Waals surface area contributed by atoms with Crippen LogP contribution < -0.4 is 0 Å². The molecular formula is C25H16Br2N2O3. The molecule has 0 radical (unpaired) electrons. The molecule has 1 heterocycles. The highest BCUT2D eigenvalue weighted by atomic mass is 79.9. The van der Waals surface area contributed by atoms with E-state index in [4.69, 9.17) is 0 Å². The lowest BCUT2D eigenvalue weighted by Gasteiger charge is -2.45. The predicted molar refractivity (Wildman–Crippen MR) is 127 cm³/mol. The van der Waals surface area contributed by atoms with Crippen LogP contribution in [0.15, 0.2) is 74.7 Å². The summed E-state index contributed by atoms with van der Waals surface area (Å²) in [6, 6.07) is 19.6. The largest absolute Gasteiger partial charge is 0.506 e. The molecule has 3 aliphatic carbocycles. The van der Waals surface area contributed by atoms with Crippen molar-refractivity contribution in [3.63, 3.8) is 0 Å². The standard InChI is InChI=1S/C25H16Br2N2O3/c26-13-9-12(23(30)18(27)10-13)11-28-29-24(31)21-19-14-5-1-2-6-15(14)20(22(21)25(29)32)17-8-4-3-7-16(17)19/h1-11,19-22,30H/b28-11-/t19?,20?,21-,22-/m0/s1. The minimum Gasteiger partial charge on any atom is -0.506 e. The van der Waals surface area contributed by atoms with Gasteiger partial charge in [-0.05, 0) is 50.3 Å². The lowest BCUT2D eigenvalue weighted by Crippen LogP contribution is -2.41. The molecule has 7 rings (SSSR count). The van der Waals surface area contributed by atoms with E-state index in [1.54, 1.807) is 12.1 Å². The smallest absolute Gasteiger partial charge is 0.254 e. The van der Waals surface area contributed by atoms with E-state index in [9.17, 15) is 14.7 Å². The Labute approximate surface area is 201 Å². The Bertz CT molecular complexity index is 1240. The molecule has 32 heavy (non-hydrogen) atoms. The molecule has 1 saturated heterocycles. The average Bonchev–Trinajstić information content (AvgIpc) is 3.05. The van der Waals surface area contributed by atoms with Crippen molar-refractivity contribution < 1.29 is 14.7 Å². The Morgan fingerprint density at radius 2 is 1.28 bits per heavy atom. The third-order valence-electron chi connectivity index (χ3n) is 6.80. The first-order chi connectivity index (χ1) is 15.5. The second-order valence-corrected chi connectivity index (χ2v) is 10.1. The molecule has 0 unspecified atom stereocenters. The van der Waals surface area contributed by atoms with Crippen LogP contribution in [0, 0.1) is 11.8 Å². The average molecular weight is 552 g/mol. The molecule has 1 fully saturated rings. The number of amides is 2. The molecule has 2 atom stereocenters. The number of hydrazone groups is 1. The van der Waals surface area contributed by atoms with E-state index in [1.807, 2.05) is 24.3 Å². The van der Waals surface area contributed by atoms with Crippen LogP contribution in [0.5, 0.6) is 5.75 Å². The summed E-state index contributed by atoms with van der Waals surface area (Å²) >= 11 is 6.67. The number of carbonyl (C=O) groups is 2. The van der Waals surface area contributed by atoms with Crippen LogP contribution in [-0.4, -0.2) is 28.1 Å². The van der Waals surface area contributed by atoms with Gasteiger partial charge in [0.25, 0.3) is 11.8 Å². The number of benzene rings is 3. The zero-order chi connectivity index (χ0) is 22.1. The van der Waals surface area contributed by atoms with Gasteiger partial charge >= 0.3 is 0 Å². The summed E-state index contributed by atoms with van der Waals surface area (Å²) in [6.45, 7) is 0. The van der Waals surface area contributed by atoms with Crippen molar-refractivity contribution in [3.05, 3.63) is 97.4 Å². The third kappa shape index (κ3) is 2.64. The quantitative estimate of drug-likeness (QED) is 0.354. The highest BCUT2D eigenvalue weighted by Gasteiger charge is 2.61. The highest BCUT2D eigenvalue weighted by molar-refractivity contribution is 9.11. The van der Waals surface area contributed by atoms with E-state index >= 15 is 0 Å². The predicted octanol–water partition coefficient (Wildman–Crippen LogP) is 5.14. The molecule has 1 aliphatic heterocycles. The van der Waals surface area contributed by atoms with Crippen molar-refractivity contribution in [2.45, 2.75) is 11.8 Å². The van der Waals surface area contributed by atoms with Gasteiger partial charge in [0.1, 0.15) is 5.75 Å². The number of halogens is 2. The number of rotatable bonds is 2. The maximum Gasteiger partial charge on any atom is 0.254 e. The summed E-state index contributed by atoms with van der Waals surface area (Å²) in [4.78, 5) is 27.0. The van der Waals surface area contributed by atoms with Gasteiger partial charge in [-0.1, -0.05) is 64.5 Å². The highest BCUT2D eigenvalue weighted by Crippen LogP contribution is 2.60. The Hall–Kier alpha value is -2.77. The second kappa shape index (κ2) is 7.12. The van der Waals surface area contributed by atoms with Gasteiger partial charge < -0.3 is 5.11 Å². The molecule has 0 saturated carbocycles. The van der Waals surface area contributed by atoms with Gasteiger partial charge in [-0.25, -0.2) is 0 Å². The van der Waals surface area contributed by atoms with Gasteiger partial charge in [-0.15, -0.1) is 0 Å². The summed E-state index contributed by atoms with van der Waals surface area (Å²) < 4.78 is 1.23. The topological polar surface area (TPSA) is 70.0 Å². The number of phenolic OH excluding ortho intramolecular Hbond substituents is 1. The Kier molecular flexibility index (Phi) is 4.42. The first-order valence-electron chi connectivity index (χ1n) is 10.2. The molecule has 1 N–H and O–H groups in total. The molecule has 0 aromatic heterocycles. The molecule has 2 amide bonds. The van der Waals surface area contributed by atoms with Crippen LogP contribution >= 0.6 is 31.9 Å². The Morgan fingerprint density at radius 3 is 1.75 bits per heavy atom. The van der Waals surface area contributed by atoms with Gasteiger partial charge in [0, 0.05) is 21.9 Å². The number of phenols is 1. The van der Waals surface area contributed by atoms with E-state index < -0.39 is 11.8 Å². The lowest BCUT2D eigenvalue weighted by molar-refractivity contribution is -0.139. The maximum absolute atomic E-state index is 13.5. The van der Waals surface area contributed by atoms with E-state index in [1.165, 1.54) is 6.21 Å². The first kappa shape index (κ1) is 19.9. The molecular weight excluding hydrogens is 536 g/mol. The van der Waals surface area contributed by atoms with Gasteiger partial charge in [0.05, 0.1) is 22.5 Å². The molecule has 7 heteroatoms. The molecule has 5 nitrogen and oxygen atoms in total. The number of carbonyl (C=O) groups excluding carboxylic acids is 2. The van der Waals surface area contributed by atoms with E-state index in [0.717, 1.165) is 31.7 Å². The SMILES string of the molecule is O=C1[C@H]2C3c4ccccc4C(c4ccccc43)[C@@H]2C(=O)N1/N=C\c1cc(Br)cc(Br)c1O. The van der Waals surface area contributed by atoms with Crippen molar-refractivity contribution >= 4 is 49.9 Å². The number of imide groups is 1. The zero-order valence-corrected chi connectivity index (χ0v) is 19.7. The molecule has 3 aromatic rings. The molecule has 158 valence electrons. The van der Waals surface area contributed by atoms with Gasteiger partial charge in [0.2, 0.25) is 0 Å². The van der Waals surface area contributed by atoms with Crippen molar-refractivity contribution in [2.75, 3.05) is 0 Å². The van der Waals surface area contributed by atoms with Gasteiger partial charge in [-0.2, -0.15) is 10.1 Å². The summed E-state index contributed by atoms with van der Waals surface area (Å²) in [5.41, 5.74) is 4.89. The van der Waals surface area contributed by atoms with Crippen LogP contribution in [0.25, 0.3) is 0 Å². The first-order valence-corrected chi connectivity index (χ1v) is 11.8. The van der Waals surface area contributed by atoms with Gasteiger partial charge in [0.15, 0.2) is 0 Å². The number of hydrogen-bond donors (Lipinski definition) is 1. The summed E-state index contributed by atoms with van der Waals surface area (Å²) in [5, 5.41) is 15.6. The second-order valence-electron chi connectivity index (χ2n) is 8.32. The third-order valence-corrected chi connectivity index (χ3v) is 7.86. The molecule has 3 aromatic carbocycles. The summed E-state index contributed by atoms with van der Waals surface area (Å²) in [5.74, 6) is -1.86. The fraction of sp³-hybridized carbons (Fsp3) is 0.160. The van der Waals surface area contributed by atoms with E-state index in [-0.39, 0.29) is 29.4 Å². The number of aromatic hydroxyl groups is 1. The monoisotopic (exact) mass is 550 g/mol. The number of nitrogens with zero attached hydrogens (tertiary/aromatic N) is 2. The minimum absolute atomic E-state index is 0.00617. The fourth-order valence-electron chi connectivity index (χ4n) is 5.58. The van der Waals surface area contributed by atoms with E-state index in [2.05, 4.69) is 61.2 Å².